The lowest BCUT2D eigenvalue weighted by atomic mass is 9.99. The summed E-state index contributed by atoms with van der Waals surface area (Å²) in [5, 5.41) is 4.75. The molecular weight excluding hydrogens is 226 g/mol. The van der Waals surface area contributed by atoms with Gasteiger partial charge in [-0.05, 0) is 43.3 Å². The van der Waals surface area contributed by atoms with Crippen LogP contribution in [0.25, 0.3) is 10.1 Å². The Morgan fingerprint density at radius 1 is 1.29 bits per heavy atom. The maximum absolute atomic E-state index is 3.28. The van der Waals surface area contributed by atoms with Crippen LogP contribution in [0.5, 0.6) is 0 Å². The van der Waals surface area contributed by atoms with Gasteiger partial charge in [0.2, 0.25) is 0 Å². The van der Waals surface area contributed by atoms with Gasteiger partial charge in [-0.15, -0.1) is 11.3 Å². The van der Waals surface area contributed by atoms with Gasteiger partial charge in [-0.3, -0.25) is 0 Å². The number of fused-ring (bicyclic) bond motifs is 1. The number of thiophene rings is 1. The van der Waals surface area contributed by atoms with E-state index in [2.05, 4.69) is 44.3 Å². The van der Waals surface area contributed by atoms with Crippen LogP contribution in [-0.2, 0) is 13.0 Å². The third-order valence-electron chi connectivity index (χ3n) is 2.98. The zero-order chi connectivity index (χ0) is 12.4. The van der Waals surface area contributed by atoms with Gasteiger partial charge < -0.3 is 5.32 Å². The first-order chi connectivity index (χ1) is 8.11. The highest BCUT2D eigenvalue weighted by Gasteiger charge is 2.12. The number of nitrogens with one attached hydrogen (secondary N) is 1. The fourth-order valence-corrected chi connectivity index (χ4v) is 3.48. The summed E-state index contributed by atoms with van der Waals surface area (Å²) in [4.78, 5) is 1.50. The summed E-state index contributed by atoms with van der Waals surface area (Å²) in [5.41, 5.74) is 2.91. The van der Waals surface area contributed by atoms with Crippen molar-refractivity contribution in [2.24, 2.45) is 5.92 Å². The first-order valence-electron chi connectivity index (χ1n) is 6.27. The molecule has 1 aromatic carbocycles. The first-order valence-corrected chi connectivity index (χ1v) is 7.09. The summed E-state index contributed by atoms with van der Waals surface area (Å²) in [6.07, 6.45) is 1.18. The Morgan fingerprint density at radius 3 is 2.71 bits per heavy atom. The third kappa shape index (κ3) is 2.70. The highest BCUT2D eigenvalue weighted by molar-refractivity contribution is 7.19. The molecule has 0 radical (unpaired) electrons. The van der Waals surface area contributed by atoms with E-state index in [1.54, 1.807) is 5.56 Å². The Labute approximate surface area is 108 Å². The molecular formula is C15H21NS. The van der Waals surface area contributed by atoms with Crippen molar-refractivity contribution < 1.29 is 0 Å². The number of aryl methyl sites for hydroxylation is 1. The summed E-state index contributed by atoms with van der Waals surface area (Å²) in [6, 6.07) is 6.81. The molecule has 0 amide bonds. The minimum atomic E-state index is 0.712. The van der Waals surface area contributed by atoms with E-state index in [0.29, 0.717) is 5.92 Å². The minimum absolute atomic E-state index is 0.712. The molecule has 2 rings (SSSR count). The molecule has 1 heterocycles. The quantitative estimate of drug-likeness (QED) is 0.856. The average molecular weight is 247 g/mol. The van der Waals surface area contributed by atoms with Crippen molar-refractivity contribution >= 4 is 21.4 Å². The SMILES string of the molecule is CNCc1sc2ccc(C)cc2c1CC(C)C. The van der Waals surface area contributed by atoms with Crippen LogP contribution < -0.4 is 5.32 Å². The predicted octanol–water partition coefficient (Wildman–Crippen LogP) is 4.13. The summed E-state index contributed by atoms with van der Waals surface area (Å²) in [6.45, 7) is 7.75. The van der Waals surface area contributed by atoms with Crippen LogP contribution in [0.2, 0.25) is 0 Å². The van der Waals surface area contributed by atoms with E-state index in [9.17, 15) is 0 Å². The van der Waals surface area contributed by atoms with Gasteiger partial charge in [-0.2, -0.15) is 0 Å². The molecule has 0 unspecified atom stereocenters. The van der Waals surface area contributed by atoms with Crippen molar-refractivity contribution in [1.82, 2.24) is 5.32 Å². The standard InChI is InChI=1S/C15H21NS/c1-10(2)7-12-13-8-11(3)5-6-14(13)17-15(12)9-16-4/h5-6,8,10,16H,7,9H2,1-4H3. The Bertz CT molecular complexity index is 511. The lowest BCUT2D eigenvalue weighted by Crippen LogP contribution is -2.06. The largest absolute Gasteiger partial charge is 0.315 e. The molecule has 1 aromatic heterocycles. The number of benzene rings is 1. The van der Waals surface area contributed by atoms with E-state index in [1.165, 1.54) is 26.9 Å². The average Bonchev–Trinajstić information content (AvgIpc) is 2.57. The summed E-state index contributed by atoms with van der Waals surface area (Å²) in [7, 11) is 2.02. The molecule has 92 valence electrons. The first kappa shape index (κ1) is 12.6. The molecule has 1 nitrogen and oxygen atoms in total. The van der Waals surface area contributed by atoms with Crippen molar-refractivity contribution in [3.8, 4) is 0 Å². The molecule has 17 heavy (non-hydrogen) atoms. The molecule has 0 aliphatic heterocycles. The Hall–Kier alpha value is -0.860. The van der Waals surface area contributed by atoms with Crippen molar-refractivity contribution in [3.63, 3.8) is 0 Å². The van der Waals surface area contributed by atoms with Crippen LogP contribution in [0.4, 0.5) is 0 Å². The second kappa shape index (κ2) is 5.19. The van der Waals surface area contributed by atoms with E-state index in [4.69, 9.17) is 0 Å². The van der Waals surface area contributed by atoms with Gasteiger partial charge in [-0.1, -0.05) is 31.5 Å². The Morgan fingerprint density at radius 2 is 2.06 bits per heavy atom. The highest BCUT2D eigenvalue weighted by Crippen LogP contribution is 2.33. The molecule has 0 aliphatic carbocycles. The van der Waals surface area contributed by atoms with E-state index < -0.39 is 0 Å². The van der Waals surface area contributed by atoms with E-state index in [-0.39, 0.29) is 0 Å². The molecule has 0 aliphatic rings. The molecule has 0 fully saturated rings. The molecule has 0 saturated heterocycles. The fourth-order valence-electron chi connectivity index (χ4n) is 2.25. The number of hydrogen-bond donors (Lipinski definition) is 1. The van der Waals surface area contributed by atoms with Gasteiger partial charge >= 0.3 is 0 Å². The minimum Gasteiger partial charge on any atom is -0.315 e. The van der Waals surface area contributed by atoms with Gasteiger partial charge in [0.25, 0.3) is 0 Å². The molecule has 2 aromatic rings. The highest BCUT2D eigenvalue weighted by atomic mass is 32.1. The van der Waals surface area contributed by atoms with Crippen molar-refractivity contribution in [2.45, 2.75) is 33.7 Å². The molecule has 2 heteroatoms. The number of hydrogen-bond acceptors (Lipinski definition) is 2. The van der Waals surface area contributed by atoms with Crippen LogP contribution in [0, 0.1) is 12.8 Å². The predicted molar refractivity (Wildman–Crippen MR) is 77.9 cm³/mol. The van der Waals surface area contributed by atoms with E-state index >= 15 is 0 Å². The summed E-state index contributed by atoms with van der Waals surface area (Å²) >= 11 is 1.94. The van der Waals surface area contributed by atoms with Crippen molar-refractivity contribution in [2.75, 3.05) is 7.05 Å². The van der Waals surface area contributed by atoms with Crippen LogP contribution in [-0.4, -0.2) is 7.05 Å². The summed E-state index contributed by atoms with van der Waals surface area (Å²) < 4.78 is 1.43. The molecule has 0 bridgehead atoms. The zero-order valence-electron chi connectivity index (χ0n) is 11.1. The van der Waals surface area contributed by atoms with Crippen LogP contribution in [0.1, 0.15) is 29.9 Å². The molecule has 0 atom stereocenters. The molecule has 0 saturated carbocycles. The third-order valence-corrected chi connectivity index (χ3v) is 4.19. The maximum atomic E-state index is 3.28. The van der Waals surface area contributed by atoms with E-state index in [1.807, 2.05) is 18.4 Å². The Balaban J connectivity index is 2.55. The van der Waals surface area contributed by atoms with Gasteiger partial charge in [0.05, 0.1) is 0 Å². The molecule has 0 spiro atoms. The fraction of sp³-hybridized carbons (Fsp3) is 0.467. The van der Waals surface area contributed by atoms with Crippen LogP contribution >= 0.6 is 11.3 Å². The van der Waals surface area contributed by atoms with Gasteiger partial charge in [0, 0.05) is 16.1 Å². The van der Waals surface area contributed by atoms with Crippen molar-refractivity contribution in [3.05, 3.63) is 34.2 Å². The molecule has 1 N–H and O–H groups in total. The normalized spacial score (nSPS) is 11.6. The summed E-state index contributed by atoms with van der Waals surface area (Å²) in [5.74, 6) is 0.712. The zero-order valence-corrected chi connectivity index (χ0v) is 11.9. The topological polar surface area (TPSA) is 12.0 Å². The smallest absolute Gasteiger partial charge is 0.0349 e. The maximum Gasteiger partial charge on any atom is 0.0349 e. The van der Waals surface area contributed by atoms with Crippen LogP contribution in [0.3, 0.4) is 0 Å². The second-order valence-corrected chi connectivity index (χ2v) is 6.27. The van der Waals surface area contributed by atoms with Gasteiger partial charge in [-0.25, -0.2) is 0 Å². The Kier molecular flexibility index (Phi) is 3.85. The second-order valence-electron chi connectivity index (χ2n) is 5.13. The van der Waals surface area contributed by atoms with Crippen LogP contribution in [0.15, 0.2) is 18.2 Å². The lowest BCUT2D eigenvalue weighted by Gasteiger charge is -2.07. The monoisotopic (exact) mass is 247 g/mol. The lowest BCUT2D eigenvalue weighted by molar-refractivity contribution is 0.645. The van der Waals surface area contributed by atoms with Gasteiger partial charge in [0.1, 0.15) is 0 Å². The van der Waals surface area contributed by atoms with Crippen molar-refractivity contribution in [1.29, 1.82) is 0 Å². The van der Waals surface area contributed by atoms with Gasteiger partial charge in [0.15, 0.2) is 0 Å². The van der Waals surface area contributed by atoms with E-state index in [0.717, 1.165) is 6.54 Å². The number of rotatable bonds is 4.